The highest BCUT2D eigenvalue weighted by molar-refractivity contribution is 9.10. The molecule has 5 aromatic rings. The van der Waals surface area contributed by atoms with Crippen molar-refractivity contribution in [3.8, 4) is 11.1 Å². The summed E-state index contributed by atoms with van der Waals surface area (Å²) in [7, 11) is 0. The summed E-state index contributed by atoms with van der Waals surface area (Å²) < 4.78 is 28.4. The van der Waals surface area contributed by atoms with Crippen LogP contribution in [-0.4, -0.2) is 0 Å². The topological polar surface area (TPSA) is 0 Å². The second kappa shape index (κ2) is 5.24. The Morgan fingerprint density at radius 2 is 1.24 bits per heavy atom. The summed E-state index contributed by atoms with van der Waals surface area (Å²) in [5.74, 6) is -1.16. The molecule has 120 valence electrons. The average molecular weight is 393 g/mol. The molecule has 0 N–H and O–H groups in total. The molecule has 0 aromatic heterocycles. The molecule has 0 saturated carbocycles. The van der Waals surface area contributed by atoms with Crippen LogP contribution in [0.3, 0.4) is 0 Å². The molecule has 0 spiro atoms. The Labute approximate surface area is 151 Å². The Hall–Kier alpha value is -2.52. The highest BCUT2D eigenvalue weighted by atomic mass is 79.9. The first-order valence-electron chi connectivity index (χ1n) is 7.95. The van der Waals surface area contributed by atoms with Crippen LogP contribution in [-0.2, 0) is 0 Å². The summed E-state index contributed by atoms with van der Waals surface area (Å²) in [6, 6.07) is 20.8. The van der Waals surface area contributed by atoms with Gasteiger partial charge in [0, 0.05) is 11.6 Å². The van der Waals surface area contributed by atoms with Crippen molar-refractivity contribution < 1.29 is 8.78 Å². The van der Waals surface area contributed by atoms with E-state index in [1.54, 1.807) is 0 Å². The van der Waals surface area contributed by atoms with Crippen molar-refractivity contribution in [2.75, 3.05) is 0 Å². The van der Waals surface area contributed by atoms with Gasteiger partial charge in [-0.05, 0) is 59.9 Å². The molecule has 0 heterocycles. The van der Waals surface area contributed by atoms with E-state index < -0.39 is 11.6 Å². The van der Waals surface area contributed by atoms with Gasteiger partial charge in [-0.3, -0.25) is 0 Å². The maximum Gasteiger partial charge on any atom is 0.140 e. The fourth-order valence-electron chi connectivity index (χ4n) is 3.70. The maximum atomic E-state index is 14.5. The molecule has 3 heteroatoms. The second-order valence-electron chi connectivity index (χ2n) is 6.22. The summed E-state index contributed by atoms with van der Waals surface area (Å²) in [6.07, 6.45) is 0. The lowest BCUT2D eigenvalue weighted by Gasteiger charge is -2.14. The molecule has 0 aliphatic carbocycles. The second-order valence-corrected chi connectivity index (χ2v) is 7.07. The summed E-state index contributed by atoms with van der Waals surface area (Å²) >= 11 is 3.17. The molecule has 0 nitrogen and oxygen atoms in total. The largest absolute Gasteiger partial charge is 0.206 e. The summed E-state index contributed by atoms with van der Waals surface area (Å²) in [5, 5.41) is 6.71. The zero-order valence-corrected chi connectivity index (χ0v) is 14.6. The van der Waals surface area contributed by atoms with Crippen molar-refractivity contribution in [2.24, 2.45) is 0 Å². The monoisotopic (exact) mass is 392 g/mol. The summed E-state index contributed by atoms with van der Waals surface area (Å²) in [4.78, 5) is 0. The molecule has 0 amide bonds. The van der Waals surface area contributed by atoms with E-state index in [0.29, 0.717) is 5.56 Å². The lowest BCUT2D eigenvalue weighted by atomic mass is 9.90. The molecule has 0 aliphatic rings. The quantitative estimate of drug-likeness (QED) is 0.207. The van der Waals surface area contributed by atoms with Gasteiger partial charge < -0.3 is 0 Å². The maximum absolute atomic E-state index is 14.5. The Morgan fingerprint density at radius 1 is 0.600 bits per heavy atom. The molecule has 5 aromatic carbocycles. The first-order chi connectivity index (χ1) is 12.1. The van der Waals surface area contributed by atoms with Gasteiger partial charge in [0.25, 0.3) is 0 Å². The van der Waals surface area contributed by atoms with E-state index in [1.165, 1.54) is 11.5 Å². The smallest absolute Gasteiger partial charge is 0.140 e. The standard InChI is InChI=1S/C22H11BrF2/c23-18-10-17(19(24)11-20(18)25)15-8-6-14-5-4-12-2-1-3-13-7-9-16(15)22(14)21(12)13/h1-11H. The molecular formula is C22H11BrF2. The normalized spacial score (nSPS) is 11.8. The van der Waals surface area contributed by atoms with Crippen LogP contribution in [0, 0.1) is 11.6 Å². The first kappa shape index (κ1) is 14.8. The summed E-state index contributed by atoms with van der Waals surface area (Å²) in [6.45, 7) is 0. The third-order valence-corrected chi connectivity index (χ3v) is 5.44. The minimum absolute atomic E-state index is 0.259. The van der Waals surface area contributed by atoms with E-state index in [0.717, 1.165) is 38.6 Å². The molecule has 0 fully saturated rings. The molecule has 0 bridgehead atoms. The molecule has 0 atom stereocenters. The number of rotatable bonds is 1. The Bertz CT molecular complexity index is 1260. The lowest BCUT2D eigenvalue weighted by Crippen LogP contribution is -1.91. The summed E-state index contributed by atoms with van der Waals surface area (Å²) in [5.41, 5.74) is 1.16. The predicted molar refractivity (Wildman–Crippen MR) is 103 cm³/mol. The van der Waals surface area contributed by atoms with Gasteiger partial charge in [-0.2, -0.15) is 0 Å². The van der Waals surface area contributed by atoms with Crippen LogP contribution < -0.4 is 0 Å². The Balaban J connectivity index is 1.96. The first-order valence-corrected chi connectivity index (χ1v) is 8.74. The highest BCUT2D eigenvalue weighted by Gasteiger charge is 2.15. The zero-order valence-electron chi connectivity index (χ0n) is 13.0. The van der Waals surface area contributed by atoms with Gasteiger partial charge in [0.2, 0.25) is 0 Å². The Morgan fingerprint density at radius 3 is 2.00 bits per heavy atom. The molecule has 5 rings (SSSR count). The molecular weight excluding hydrogens is 382 g/mol. The van der Waals surface area contributed by atoms with Gasteiger partial charge in [0.05, 0.1) is 4.47 Å². The van der Waals surface area contributed by atoms with Crippen molar-refractivity contribution >= 4 is 48.2 Å². The van der Waals surface area contributed by atoms with Crippen LogP contribution in [0.4, 0.5) is 8.78 Å². The average Bonchev–Trinajstić information content (AvgIpc) is 2.63. The van der Waals surface area contributed by atoms with Gasteiger partial charge in [0.15, 0.2) is 0 Å². The van der Waals surface area contributed by atoms with Gasteiger partial charge in [-0.1, -0.05) is 54.6 Å². The van der Waals surface area contributed by atoms with Gasteiger partial charge in [-0.25, -0.2) is 8.78 Å². The van der Waals surface area contributed by atoms with Crippen molar-refractivity contribution in [3.05, 3.63) is 82.8 Å². The lowest BCUT2D eigenvalue weighted by molar-refractivity contribution is 0.581. The zero-order chi connectivity index (χ0) is 17.1. The molecule has 25 heavy (non-hydrogen) atoms. The fourth-order valence-corrected chi connectivity index (χ4v) is 4.04. The minimum Gasteiger partial charge on any atom is -0.206 e. The van der Waals surface area contributed by atoms with E-state index >= 15 is 0 Å². The van der Waals surface area contributed by atoms with E-state index in [1.807, 2.05) is 24.3 Å². The van der Waals surface area contributed by atoms with E-state index in [9.17, 15) is 8.78 Å². The van der Waals surface area contributed by atoms with Crippen LogP contribution in [0.1, 0.15) is 0 Å². The van der Waals surface area contributed by atoms with Crippen molar-refractivity contribution in [3.63, 3.8) is 0 Å². The van der Waals surface area contributed by atoms with Crippen LogP contribution >= 0.6 is 15.9 Å². The van der Waals surface area contributed by atoms with Gasteiger partial charge >= 0.3 is 0 Å². The van der Waals surface area contributed by atoms with Gasteiger partial charge in [0.1, 0.15) is 11.6 Å². The third kappa shape index (κ3) is 2.09. The van der Waals surface area contributed by atoms with Crippen molar-refractivity contribution in [2.45, 2.75) is 0 Å². The van der Waals surface area contributed by atoms with E-state index in [2.05, 4.69) is 46.3 Å². The molecule has 0 unspecified atom stereocenters. The van der Waals surface area contributed by atoms with Crippen LogP contribution in [0.15, 0.2) is 71.2 Å². The molecule has 0 radical (unpaired) electrons. The number of hydrogen-bond donors (Lipinski definition) is 0. The predicted octanol–water partition coefficient (Wildman–Crippen LogP) is 7.29. The van der Waals surface area contributed by atoms with Crippen LogP contribution in [0.5, 0.6) is 0 Å². The third-order valence-electron chi connectivity index (χ3n) is 4.83. The van der Waals surface area contributed by atoms with Crippen molar-refractivity contribution in [1.29, 1.82) is 0 Å². The molecule has 0 aliphatic heterocycles. The number of hydrogen-bond acceptors (Lipinski definition) is 0. The van der Waals surface area contributed by atoms with Crippen LogP contribution in [0.2, 0.25) is 0 Å². The van der Waals surface area contributed by atoms with Gasteiger partial charge in [-0.15, -0.1) is 0 Å². The molecule has 0 saturated heterocycles. The van der Waals surface area contributed by atoms with Crippen LogP contribution in [0.25, 0.3) is 43.4 Å². The SMILES string of the molecule is Fc1cc(F)c(-c2ccc3ccc4cccc5ccc2c3c45)cc1Br. The minimum atomic E-state index is -0.598. The Kier molecular flexibility index (Phi) is 3.10. The van der Waals surface area contributed by atoms with E-state index in [4.69, 9.17) is 0 Å². The van der Waals surface area contributed by atoms with E-state index in [-0.39, 0.29) is 4.47 Å². The number of halogens is 3. The fraction of sp³-hybridized carbons (Fsp3) is 0. The highest BCUT2D eigenvalue weighted by Crippen LogP contribution is 2.40. The number of benzene rings is 5. The van der Waals surface area contributed by atoms with Crippen molar-refractivity contribution in [1.82, 2.24) is 0 Å².